The third kappa shape index (κ3) is 6.53. The van der Waals surface area contributed by atoms with Crippen LogP contribution in [0.3, 0.4) is 0 Å². The van der Waals surface area contributed by atoms with Crippen LogP contribution in [0.1, 0.15) is 0 Å². The van der Waals surface area contributed by atoms with E-state index < -0.39 is 0 Å². The van der Waals surface area contributed by atoms with E-state index in [0.717, 1.165) is 67.1 Å². The van der Waals surface area contributed by atoms with Gasteiger partial charge in [0.1, 0.15) is 0 Å². The van der Waals surface area contributed by atoms with Gasteiger partial charge in [0.25, 0.3) is 0 Å². The molecular formula is C66H42N4. The van der Waals surface area contributed by atoms with Gasteiger partial charge in [-0.1, -0.05) is 182 Å². The molecule has 0 aliphatic heterocycles. The topological polar surface area (TPSA) is 35.6 Å². The molecule has 0 bridgehead atoms. The van der Waals surface area contributed by atoms with Crippen molar-refractivity contribution in [2.45, 2.75) is 0 Å². The van der Waals surface area contributed by atoms with Gasteiger partial charge >= 0.3 is 0 Å². The molecule has 14 aromatic rings. The Balaban J connectivity index is 1.05. The molecule has 0 radical (unpaired) electrons. The zero-order valence-electron chi connectivity index (χ0n) is 38.0. The van der Waals surface area contributed by atoms with E-state index in [-0.39, 0.29) is 0 Å². The monoisotopic (exact) mass is 890 g/mol. The van der Waals surface area contributed by atoms with Gasteiger partial charge in [-0.15, -0.1) is 0 Å². The average molecular weight is 891 g/mol. The average Bonchev–Trinajstić information content (AvgIpc) is 3.95. The van der Waals surface area contributed by atoms with Crippen molar-refractivity contribution in [1.82, 2.24) is 19.1 Å². The van der Waals surface area contributed by atoms with Gasteiger partial charge in [0, 0.05) is 49.6 Å². The normalized spacial score (nSPS) is 11.7. The molecule has 4 heteroatoms. The van der Waals surface area contributed by atoms with Gasteiger partial charge in [0.15, 0.2) is 5.82 Å². The number of benzene rings is 11. The van der Waals surface area contributed by atoms with Crippen molar-refractivity contribution in [2.24, 2.45) is 0 Å². The van der Waals surface area contributed by atoms with E-state index in [4.69, 9.17) is 9.97 Å². The summed E-state index contributed by atoms with van der Waals surface area (Å²) in [5, 5.41) is 9.62. The maximum Gasteiger partial charge on any atom is 0.160 e. The van der Waals surface area contributed by atoms with Gasteiger partial charge in [0.2, 0.25) is 0 Å². The van der Waals surface area contributed by atoms with Crippen molar-refractivity contribution in [2.75, 3.05) is 0 Å². The molecule has 0 N–H and O–H groups in total. The summed E-state index contributed by atoms with van der Waals surface area (Å²) in [4.78, 5) is 11.1. The summed E-state index contributed by atoms with van der Waals surface area (Å²) < 4.78 is 4.79. The largest absolute Gasteiger partial charge is 0.309 e. The second-order valence-electron chi connectivity index (χ2n) is 18.2. The van der Waals surface area contributed by atoms with Crippen molar-refractivity contribution in [1.29, 1.82) is 0 Å². The molecule has 3 aromatic heterocycles. The molecule has 0 unspecified atom stereocenters. The Morgan fingerprint density at radius 3 is 1.51 bits per heavy atom. The van der Waals surface area contributed by atoms with Crippen LogP contribution in [0.4, 0.5) is 0 Å². The van der Waals surface area contributed by atoms with Crippen LogP contribution in [0.15, 0.2) is 255 Å². The van der Waals surface area contributed by atoms with E-state index in [9.17, 15) is 0 Å². The highest BCUT2D eigenvalue weighted by atomic mass is 15.0. The summed E-state index contributed by atoms with van der Waals surface area (Å²) in [5.74, 6) is 0.655. The van der Waals surface area contributed by atoms with Gasteiger partial charge < -0.3 is 9.13 Å². The fourth-order valence-corrected chi connectivity index (χ4v) is 10.8. The lowest BCUT2D eigenvalue weighted by Crippen LogP contribution is -2.00. The van der Waals surface area contributed by atoms with Crippen LogP contribution in [0.2, 0.25) is 0 Å². The van der Waals surface area contributed by atoms with Crippen molar-refractivity contribution < 1.29 is 0 Å². The molecule has 3 heterocycles. The maximum atomic E-state index is 5.57. The number of para-hydroxylation sites is 3. The van der Waals surface area contributed by atoms with Gasteiger partial charge in [-0.25, -0.2) is 9.97 Å². The number of fused-ring (bicyclic) bond motifs is 9. The first-order valence-electron chi connectivity index (χ1n) is 23.9. The summed E-state index contributed by atoms with van der Waals surface area (Å²) >= 11 is 0. The summed E-state index contributed by atoms with van der Waals surface area (Å²) in [5.41, 5.74) is 16.0. The lowest BCUT2D eigenvalue weighted by molar-refractivity contribution is 1.16. The lowest BCUT2D eigenvalue weighted by Gasteiger charge is -2.17. The number of hydrogen-bond donors (Lipinski definition) is 0. The Labute approximate surface area is 404 Å². The zero-order chi connectivity index (χ0) is 46.1. The first-order valence-corrected chi connectivity index (χ1v) is 23.9. The van der Waals surface area contributed by atoms with Gasteiger partial charge in [-0.2, -0.15) is 0 Å². The van der Waals surface area contributed by atoms with Crippen LogP contribution in [-0.4, -0.2) is 19.1 Å². The fraction of sp³-hybridized carbons (Fsp3) is 0. The summed E-state index contributed by atoms with van der Waals surface area (Å²) in [7, 11) is 0. The first-order chi connectivity index (χ1) is 34.7. The second-order valence-corrected chi connectivity index (χ2v) is 18.2. The molecule has 0 fully saturated rings. The molecule has 0 atom stereocenters. The number of rotatable bonds is 7. The van der Waals surface area contributed by atoms with Crippen molar-refractivity contribution >= 4 is 65.2 Å². The second kappa shape index (κ2) is 16.2. The third-order valence-corrected chi connectivity index (χ3v) is 14.1. The molecule has 14 rings (SSSR count). The highest BCUT2D eigenvalue weighted by Crippen LogP contribution is 2.42. The summed E-state index contributed by atoms with van der Waals surface area (Å²) in [6.07, 6.45) is 0. The predicted molar refractivity (Wildman–Crippen MR) is 293 cm³/mol. The Hall–Kier alpha value is -9.38. The highest BCUT2D eigenvalue weighted by molar-refractivity contribution is 6.15. The van der Waals surface area contributed by atoms with Crippen LogP contribution in [0, 0.1) is 0 Å². The van der Waals surface area contributed by atoms with Crippen LogP contribution in [0.5, 0.6) is 0 Å². The Kier molecular flexibility index (Phi) is 9.17. The standard InChI is InChI=1S/C66H42N4/c1-4-18-43(19-5-1)45-32-34-57-55-28-14-16-30-62(55)70(65(57)41-45)51-37-48(58-39-46-22-10-11-25-52(46)53-26-12-13-27-54(53)58)36-49(38-51)66-67-60(44-20-6-2-7-21-44)42-61(68-66)47-33-35-64-59(40-47)56-29-15-17-31-63(56)69(64)50-23-8-3-9-24-50/h1-42H. The van der Waals surface area contributed by atoms with E-state index >= 15 is 0 Å². The van der Waals surface area contributed by atoms with Crippen LogP contribution >= 0.6 is 0 Å². The van der Waals surface area contributed by atoms with Gasteiger partial charge in [0.05, 0.1) is 33.5 Å². The van der Waals surface area contributed by atoms with E-state index in [1.165, 1.54) is 59.7 Å². The van der Waals surface area contributed by atoms with E-state index in [0.29, 0.717) is 5.82 Å². The van der Waals surface area contributed by atoms with E-state index in [2.05, 4.69) is 264 Å². The maximum absolute atomic E-state index is 5.57. The SMILES string of the molecule is c1ccc(-c2ccc3c4ccccc4n(-c4cc(-c5nc(-c6ccccc6)cc(-c6ccc7c(c6)c6ccccc6n7-c6ccccc6)n5)cc(-c5cc6ccccc6c6ccccc56)c4)c3c2)cc1. The summed E-state index contributed by atoms with van der Waals surface area (Å²) in [6, 6.07) is 91.8. The van der Waals surface area contributed by atoms with Crippen LogP contribution in [0.25, 0.3) is 133 Å². The number of nitrogens with zero attached hydrogens (tertiary/aromatic N) is 4. The predicted octanol–water partition coefficient (Wildman–Crippen LogP) is 17.3. The van der Waals surface area contributed by atoms with Crippen molar-refractivity contribution in [3.05, 3.63) is 255 Å². The minimum Gasteiger partial charge on any atom is -0.309 e. The smallest absolute Gasteiger partial charge is 0.160 e. The molecule has 0 aliphatic rings. The Morgan fingerprint density at radius 1 is 0.243 bits per heavy atom. The quantitative estimate of drug-likeness (QED) is 0.149. The molecule has 11 aromatic carbocycles. The summed E-state index contributed by atoms with van der Waals surface area (Å²) in [6.45, 7) is 0. The molecule has 0 amide bonds. The van der Waals surface area contributed by atoms with Crippen molar-refractivity contribution in [3.63, 3.8) is 0 Å². The third-order valence-electron chi connectivity index (χ3n) is 14.1. The minimum atomic E-state index is 0.655. The molecule has 0 saturated heterocycles. The van der Waals surface area contributed by atoms with Gasteiger partial charge in [-0.05, 0) is 117 Å². The molecule has 0 saturated carbocycles. The molecule has 326 valence electrons. The minimum absolute atomic E-state index is 0.655. The van der Waals surface area contributed by atoms with Gasteiger partial charge in [-0.3, -0.25) is 0 Å². The number of aromatic nitrogens is 4. The molecular weight excluding hydrogens is 849 g/mol. The Bertz CT molecular complexity index is 4340. The molecule has 4 nitrogen and oxygen atoms in total. The van der Waals surface area contributed by atoms with Crippen LogP contribution < -0.4 is 0 Å². The lowest BCUT2D eigenvalue weighted by atomic mass is 9.92. The highest BCUT2D eigenvalue weighted by Gasteiger charge is 2.20. The number of hydrogen-bond acceptors (Lipinski definition) is 2. The zero-order valence-corrected chi connectivity index (χ0v) is 38.0. The Morgan fingerprint density at radius 2 is 0.771 bits per heavy atom. The molecule has 70 heavy (non-hydrogen) atoms. The molecule has 0 spiro atoms. The fourth-order valence-electron chi connectivity index (χ4n) is 10.8. The first kappa shape index (κ1) is 39.8. The molecule has 0 aliphatic carbocycles. The van der Waals surface area contributed by atoms with E-state index in [1.54, 1.807) is 0 Å². The van der Waals surface area contributed by atoms with Crippen molar-refractivity contribution in [3.8, 4) is 67.5 Å². The van der Waals surface area contributed by atoms with E-state index in [1.807, 2.05) is 0 Å². The van der Waals surface area contributed by atoms with Crippen LogP contribution in [-0.2, 0) is 0 Å².